The van der Waals surface area contributed by atoms with Crippen molar-refractivity contribution in [1.82, 2.24) is 0 Å². The quantitative estimate of drug-likeness (QED) is 0.291. The van der Waals surface area contributed by atoms with Gasteiger partial charge in [-0.3, -0.25) is 0 Å². The summed E-state index contributed by atoms with van der Waals surface area (Å²) in [6.45, 7) is 10.3. The molecule has 2 unspecified atom stereocenters. The van der Waals surface area contributed by atoms with Crippen molar-refractivity contribution >= 4 is 17.3 Å². The second kappa shape index (κ2) is 11.5. The van der Waals surface area contributed by atoms with Gasteiger partial charge in [0.25, 0.3) is 0 Å². The molecular weight excluding hydrogens is 458 g/mol. The van der Waals surface area contributed by atoms with Gasteiger partial charge < -0.3 is 19.5 Å². The summed E-state index contributed by atoms with van der Waals surface area (Å²) in [5.41, 5.74) is 5.03. The third-order valence-corrected chi connectivity index (χ3v) is 6.62. The zero-order chi connectivity index (χ0) is 24.8. The van der Waals surface area contributed by atoms with Crippen LogP contribution in [0.4, 0.5) is 5.69 Å². The normalized spacial score (nSPS) is 18.5. The van der Waals surface area contributed by atoms with Gasteiger partial charge in [-0.1, -0.05) is 66.9 Å². The van der Waals surface area contributed by atoms with Crippen LogP contribution in [-0.2, 0) is 22.6 Å². The molecule has 0 spiro atoms. The molecule has 1 aliphatic rings. The second-order valence-electron chi connectivity index (χ2n) is 9.80. The molecule has 1 aliphatic heterocycles. The molecule has 4 rings (SSSR count). The number of unbranched alkanes of at least 4 members (excludes halogenated alkanes) is 1. The van der Waals surface area contributed by atoms with Crippen molar-refractivity contribution in [3.63, 3.8) is 0 Å². The summed E-state index contributed by atoms with van der Waals surface area (Å²) in [6.07, 6.45) is 1.56. The van der Waals surface area contributed by atoms with Gasteiger partial charge in [0.2, 0.25) is 0 Å². The Hall–Kier alpha value is -2.53. The topological polar surface area (TPSA) is 39.7 Å². The molecule has 5 heteroatoms. The van der Waals surface area contributed by atoms with E-state index in [1.807, 2.05) is 30.3 Å². The molecule has 0 amide bonds. The van der Waals surface area contributed by atoms with Gasteiger partial charge in [-0.25, -0.2) is 0 Å². The van der Waals surface area contributed by atoms with Gasteiger partial charge in [0, 0.05) is 29.4 Å². The molecule has 1 N–H and O–H groups in total. The second-order valence-corrected chi connectivity index (χ2v) is 10.2. The van der Waals surface area contributed by atoms with Crippen LogP contribution in [0.5, 0.6) is 5.75 Å². The van der Waals surface area contributed by atoms with Crippen molar-refractivity contribution in [2.24, 2.45) is 0 Å². The number of nitrogens with one attached hydrogen (secondary N) is 1. The van der Waals surface area contributed by atoms with Gasteiger partial charge in [-0.15, -0.1) is 0 Å². The van der Waals surface area contributed by atoms with Crippen molar-refractivity contribution in [1.29, 1.82) is 0 Å². The van der Waals surface area contributed by atoms with Crippen molar-refractivity contribution in [2.45, 2.75) is 71.5 Å². The highest BCUT2D eigenvalue weighted by Gasteiger charge is 2.45. The largest absolute Gasteiger partial charge is 0.485 e. The summed E-state index contributed by atoms with van der Waals surface area (Å²) >= 11 is 6.19. The lowest BCUT2D eigenvalue weighted by atomic mass is 9.87. The molecule has 3 aromatic carbocycles. The molecule has 35 heavy (non-hydrogen) atoms. The van der Waals surface area contributed by atoms with E-state index < -0.39 is 5.60 Å². The van der Waals surface area contributed by atoms with E-state index in [-0.39, 0.29) is 12.2 Å². The Morgan fingerprint density at radius 2 is 1.77 bits per heavy atom. The molecule has 0 radical (unpaired) electrons. The number of ether oxygens (including phenoxy) is 3. The predicted octanol–water partition coefficient (Wildman–Crippen LogP) is 7.87. The number of fused-ring (bicyclic) bond motifs is 1. The van der Waals surface area contributed by atoms with E-state index in [4.69, 9.17) is 25.8 Å². The van der Waals surface area contributed by atoms with Crippen LogP contribution >= 0.6 is 11.6 Å². The lowest BCUT2D eigenvalue weighted by Crippen LogP contribution is -2.51. The molecule has 3 aromatic rings. The molecule has 0 saturated carbocycles. The lowest BCUT2D eigenvalue weighted by molar-refractivity contribution is -0.167. The Bertz CT molecular complexity index is 1110. The summed E-state index contributed by atoms with van der Waals surface area (Å²) < 4.78 is 19.4. The fourth-order valence-corrected chi connectivity index (χ4v) is 4.60. The van der Waals surface area contributed by atoms with Crippen LogP contribution in [0.25, 0.3) is 0 Å². The Kier molecular flexibility index (Phi) is 8.38. The van der Waals surface area contributed by atoms with E-state index >= 15 is 0 Å². The third-order valence-electron chi connectivity index (χ3n) is 6.38. The standard InChI is InChI=1S/C30H36ClNO3/c1-5-6-16-33-28-26-18-25(32-19-22-12-10-21(2)11-13-22)14-15-27(26)35-30(3,4)29(28)34-20-23-8-7-9-24(31)17-23/h7-15,17-18,28-29,32H,5-6,16,19-20H2,1-4H3. The van der Waals surface area contributed by atoms with Crippen LogP contribution in [0.1, 0.15) is 62.0 Å². The number of benzene rings is 3. The smallest absolute Gasteiger partial charge is 0.132 e. The molecule has 0 aromatic heterocycles. The number of aryl methyl sites for hydroxylation is 1. The first-order valence-electron chi connectivity index (χ1n) is 12.5. The zero-order valence-electron chi connectivity index (χ0n) is 21.1. The van der Waals surface area contributed by atoms with Crippen LogP contribution in [0.15, 0.2) is 66.7 Å². The van der Waals surface area contributed by atoms with Gasteiger partial charge >= 0.3 is 0 Å². The van der Waals surface area contributed by atoms with Gasteiger partial charge in [0.1, 0.15) is 23.6 Å². The van der Waals surface area contributed by atoms with Crippen LogP contribution in [0.3, 0.4) is 0 Å². The van der Waals surface area contributed by atoms with E-state index in [2.05, 4.69) is 69.4 Å². The maximum absolute atomic E-state index is 6.49. The van der Waals surface area contributed by atoms with E-state index in [9.17, 15) is 0 Å². The molecule has 0 aliphatic carbocycles. The predicted molar refractivity (Wildman–Crippen MR) is 143 cm³/mol. The number of anilines is 1. The van der Waals surface area contributed by atoms with Gasteiger partial charge in [0.15, 0.2) is 0 Å². The number of rotatable bonds is 10. The molecule has 0 fully saturated rings. The van der Waals surface area contributed by atoms with Crippen molar-refractivity contribution in [2.75, 3.05) is 11.9 Å². The highest BCUT2D eigenvalue weighted by molar-refractivity contribution is 6.30. The molecule has 2 atom stereocenters. The van der Waals surface area contributed by atoms with Crippen LogP contribution in [0.2, 0.25) is 5.02 Å². The average Bonchev–Trinajstić information content (AvgIpc) is 2.83. The monoisotopic (exact) mass is 493 g/mol. The van der Waals surface area contributed by atoms with E-state index in [1.54, 1.807) is 0 Å². The zero-order valence-corrected chi connectivity index (χ0v) is 21.9. The first kappa shape index (κ1) is 25.6. The highest BCUT2D eigenvalue weighted by Crippen LogP contribution is 2.44. The SMILES string of the molecule is CCCCOC1c2cc(NCc3ccc(C)cc3)ccc2OC(C)(C)C1OCc1cccc(Cl)c1. The Morgan fingerprint density at radius 1 is 0.971 bits per heavy atom. The third kappa shape index (κ3) is 6.58. The maximum atomic E-state index is 6.49. The minimum Gasteiger partial charge on any atom is -0.485 e. The molecule has 0 bridgehead atoms. The van der Waals surface area contributed by atoms with Crippen LogP contribution in [-0.4, -0.2) is 18.3 Å². The lowest BCUT2D eigenvalue weighted by Gasteiger charge is -2.44. The Balaban J connectivity index is 1.57. The Labute approximate surface area is 214 Å². The van der Waals surface area contributed by atoms with Crippen molar-refractivity contribution in [3.8, 4) is 5.75 Å². The van der Waals surface area contributed by atoms with E-state index in [0.29, 0.717) is 18.2 Å². The van der Waals surface area contributed by atoms with Gasteiger partial charge in [-0.2, -0.15) is 0 Å². The fraction of sp³-hybridized carbons (Fsp3) is 0.400. The van der Waals surface area contributed by atoms with Crippen LogP contribution in [0, 0.1) is 6.92 Å². The maximum Gasteiger partial charge on any atom is 0.132 e. The number of halogens is 1. The summed E-state index contributed by atoms with van der Waals surface area (Å²) in [4.78, 5) is 0. The first-order valence-corrected chi connectivity index (χ1v) is 12.8. The molecular formula is C30H36ClNO3. The van der Waals surface area contributed by atoms with Gasteiger partial charge in [-0.05, 0) is 68.7 Å². The van der Waals surface area contributed by atoms with Gasteiger partial charge in [0.05, 0.1) is 6.61 Å². The minimum absolute atomic E-state index is 0.236. The fourth-order valence-electron chi connectivity index (χ4n) is 4.39. The number of hydrogen-bond donors (Lipinski definition) is 1. The molecule has 1 heterocycles. The number of hydrogen-bond acceptors (Lipinski definition) is 4. The van der Waals surface area contributed by atoms with Crippen molar-refractivity contribution < 1.29 is 14.2 Å². The highest BCUT2D eigenvalue weighted by atomic mass is 35.5. The summed E-state index contributed by atoms with van der Waals surface area (Å²) in [5, 5.41) is 4.26. The summed E-state index contributed by atoms with van der Waals surface area (Å²) in [5.74, 6) is 0.847. The first-order chi connectivity index (χ1) is 16.9. The van der Waals surface area contributed by atoms with Crippen LogP contribution < -0.4 is 10.1 Å². The van der Waals surface area contributed by atoms with Crippen molar-refractivity contribution in [3.05, 3.63) is 94.0 Å². The Morgan fingerprint density at radius 3 is 2.51 bits per heavy atom. The average molecular weight is 494 g/mol. The molecule has 4 nitrogen and oxygen atoms in total. The van der Waals surface area contributed by atoms with E-state index in [0.717, 1.165) is 42.0 Å². The summed E-state index contributed by atoms with van der Waals surface area (Å²) in [7, 11) is 0. The minimum atomic E-state index is -0.556. The molecule has 186 valence electrons. The van der Waals surface area contributed by atoms with E-state index in [1.165, 1.54) is 11.1 Å². The summed E-state index contributed by atoms with van der Waals surface area (Å²) in [6, 6.07) is 22.6. The molecule has 0 saturated heterocycles.